The number of hydrogen-bond donors (Lipinski definition) is 0. The number of carbonyl (C=O) groups excluding carboxylic acids is 1. The number of unbranched alkanes of at least 4 members (excludes halogenated alkanes) is 9. The average molecular weight is 341 g/mol. The van der Waals surface area contributed by atoms with Crippen LogP contribution < -0.4 is 0 Å². The van der Waals surface area contributed by atoms with Crippen molar-refractivity contribution in [1.29, 1.82) is 0 Å². The normalized spacial score (nSPS) is 23.4. The lowest BCUT2D eigenvalue weighted by Crippen LogP contribution is -2.36. The first-order chi connectivity index (χ1) is 11.6. The monoisotopic (exact) mass is 340 g/mol. The minimum Gasteiger partial charge on any atom is -0.456 e. The van der Waals surface area contributed by atoms with Crippen LogP contribution in [0.5, 0.6) is 0 Å². The molecule has 0 N–H and O–H groups in total. The Labute approximate surface area is 147 Å². The van der Waals surface area contributed by atoms with E-state index in [4.69, 9.17) is 14.2 Å². The fourth-order valence-electron chi connectivity index (χ4n) is 2.90. The largest absolute Gasteiger partial charge is 0.456 e. The third-order valence-electron chi connectivity index (χ3n) is 4.35. The van der Waals surface area contributed by atoms with E-state index in [0.717, 1.165) is 13.0 Å². The standard InChI is InChI=1S/C20H36O4/c1-4-5-6-7-8-9-10-11-12-13-16-22-20-15-14-19(17(2)23-20)24-18(3)21/h14-15,17,19-20H,4-13,16H2,1-3H3/t17-,19+,20+/m0/s1. The molecule has 0 bridgehead atoms. The molecule has 1 aliphatic heterocycles. The molecule has 0 radical (unpaired) electrons. The molecule has 0 fully saturated rings. The number of esters is 1. The van der Waals surface area contributed by atoms with Gasteiger partial charge < -0.3 is 14.2 Å². The van der Waals surface area contributed by atoms with Gasteiger partial charge in [-0.2, -0.15) is 0 Å². The summed E-state index contributed by atoms with van der Waals surface area (Å²) >= 11 is 0. The molecule has 0 aromatic heterocycles. The molecule has 140 valence electrons. The van der Waals surface area contributed by atoms with Crippen molar-refractivity contribution in [2.45, 2.75) is 103 Å². The molecule has 0 unspecified atom stereocenters. The quantitative estimate of drug-likeness (QED) is 0.264. The van der Waals surface area contributed by atoms with Gasteiger partial charge in [-0.1, -0.05) is 64.7 Å². The number of rotatable bonds is 13. The van der Waals surface area contributed by atoms with Gasteiger partial charge in [-0.15, -0.1) is 0 Å². The minimum absolute atomic E-state index is 0.170. The third kappa shape index (κ3) is 10.1. The zero-order valence-corrected chi connectivity index (χ0v) is 15.8. The summed E-state index contributed by atoms with van der Waals surface area (Å²) in [7, 11) is 0. The molecule has 4 heteroatoms. The molecule has 0 aromatic rings. The van der Waals surface area contributed by atoms with Gasteiger partial charge in [-0.3, -0.25) is 4.79 Å². The lowest BCUT2D eigenvalue weighted by molar-refractivity contribution is -0.181. The van der Waals surface area contributed by atoms with Crippen LogP contribution >= 0.6 is 0 Å². The van der Waals surface area contributed by atoms with Gasteiger partial charge in [0, 0.05) is 6.92 Å². The lowest BCUT2D eigenvalue weighted by Gasteiger charge is -2.29. The van der Waals surface area contributed by atoms with Crippen molar-refractivity contribution >= 4 is 5.97 Å². The van der Waals surface area contributed by atoms with Gasteiger partial charge in [0.1, 0.15) is 6.10 Å². The van der Waals surface area contributed by atoms with E-state index in [0.29, 0.717) is 0 Å². The summed E-state index contributed by atoms with van der Waals surface area (Å²) in [5.41, 5.74) is 0. The minimum atomic E-state index is -0.314. The van der Waals surface area contributed by atoms with Crippen LogP contribution in [0.3, 0.4) is 0 Å². The van der Waals surface area contributed by atoms with Gasteiger partial charge in [0.05, 0.1) is 12.7 Å². The second-order valence-corrected chi connectivity index (χ2v) is 6.72. The van der Waals surface area contributed by atoms with Gasteiger partial charge in [0.25, 0.3) is 0 Å². The van der Waals surface area contributed by atoms with E-state index in [1.165, 1.54) is 64.7 Å². The van der Waals surface area contributed by atoms with Crippen molar-refractivity contribution in [3.05, 3.63) is 12.2 Å². The van der Waals surface area contributed by atoms with E-state index < -0.39 is 0 Å². The molecule has 3 atom stereocenters. The first kappa shape index (κ1) is 21.2. The van der Waals surface area contributed by atoms with E-state index in [9.17, 15) is 4.79 Å². The molecule has 1 heterocycles. The maximum absolute atomic E-state index is 11.0. The number of hydrogen-bond acceptors (Lipinski definition) is 4. The molecule has 0 amide bonds. The topological polar surface area (TPSA) is 44.8 Å². The van der Waals surface area contributed by atoms with Gasteiger partial charge >= 0.3 is 5.97 Å². The fraction of sp³-hybridized carbons (Fsp3) is 0.850. The fourth-order valence-corrected chi connectivity index (χ4v) is 2.90. The van der Waals surface area contributed by atoms with Crippen LogP contribution in [-0.2, 0) is 19.0 Å². The average Bonchev–Trinajstić information content (AvgIpc) is 2.54. The van der Waals surface area contributed by atoms with Crippen LogP contribution in [0.1, 0.15) is 85.0 Å². The highest BCUT2D eigenvalue weighted by molar-refractivity contribution is 5.66. The Balaban J connectivity index is 1.95. The van der Waals surface area contributed by atoms with Crippen LogP contribution in [0.15, 0.2) is 12.2 Å². The van der Waals surface area contributed by atoms with E-state index >= 15 is 0 Å². The van der Waals surface area contributed by atoms with Crippen LogP contribution in [0.4, 0.5) is 0 Å². The van der Waals surface area contributed by atoms with Gasteiger partial charge in [0.2, 0.25) is 0 Å². The van der Waals surface area contributed by atoms with Crippen molar-refractivity contribution in [1.82, 2.24) is 0 Å². The predicted octanol–water partition coefficient (Wildman–Crippen LogP) is 5.16. The van der Waals surface area contributed by atoms with Crippen molar-refractivity contribution < 1.29 is 19.0 Å². The molecule has 0 saturated carbocycles. The second kappa shape index (κ2) is 13.4. The summed E-state index contributed by atoms with van der Waals surface area (Å²) < 4.78 is 16.6. The number of carbonyl (C=O) groups is 1. The van der Waals surface area contributed by atoms with Gasteiger partial charge in [-0.05, 0) is 25.5 Å². The van der Waals surface area contributed by atoms with E-state index in [2.05, 4.69) is 6.92 Å². The third-order valence-corrected chi connectivity index (χ3v) is 4.35. The lowest BCUT2D eigenvalue weighted by atomic mass is 10.1. The molecule has 0 aromatic carbocycles. The van der Waals surface area contributed by atoms with Crippen LogP contribution in [0, 0.1) is 0 Å². The molecular weight excluding hydrogens is 304 g/mol. The molecule has 0 spiro atoms. The smallest absolute Gasteiger partial charge is 0.303 e. The zero-order chi connectivity index (χ0) is 17.6. The zero-order valence-electron chi connectivity index (χ0n) is 15.8. The molecule has 4 nitrogen and oxygen atoms in total. The van der Waals surface area contributed by atoms with Gasteiger partial charge in [0.15, 0.2) is 6.29 Å². The highest BCUT2D eigenvalue weighted by Gasteiger charge is 2.25. The van der Waals surface area contributed by atoms with E-state index in [1.807, 2.05) is 19.1 Å². The summed E-state index contributed by atoms with van der Waals surface area (Å²) in [6, 6.07) is 0. The summed E-state index contributed by atoms with van der Waals surface area (Å²) in [4.78, 5) is 11.0. The first-order valence-electron chi connectivity index (χ1n) is 9.76. The van der Waals surface area contributed by atoms with Crippen LogP contribution in [0.2, 0.25) is 0 Å². The molecule has 0 aliphatic carbocycles. The Morgan fingerprint density at radius 3 is 2.08 bits per heavy atom. The van der Waals surface area contributed by atoms with E-state index in [-0.39, 0.29) is 24.5 Å². The highest BCUT2D eigenvalue weighted by Crippen LogP contribution is 2.17. The van der Waals surface area contributed by atoms with Crippen molar-refractivity contribution in [2.24, 2.45) is 0 Å². The van der Waals surface area contributed by atoms with Crippen molar-refractivity contribution in [2.75, 3.05) is 6.61 Å². The molecular formula is C20H36O4. The highest BCUT2D eigenvalue weighted by atomic mass is 16.7. The summed E-state index contributed by atoms with van der Waals surface area (Å²) in [6.45, 7) is 6.29. The SMILES string of the molecule is CCCCCCCCCCCCO[C@H]1C=C[C@@H](OC(C)=O)[C@H](C)O1. The Morgan fingerprint density at radius 1 is 0.958 bits per heavy atom. The Morgan fingerprint density at radius 2 is 1.54 bits per heavy atom. The van der Waals surface area contributed by atoms with Gasteiger partial charge in [-0.25, -0.2) is 0 Å². The van der Waals surface area contributed by atoms with Crippen LogP contribution in [0.25, 0.3) is 0 Å². The second-order valence-electron chi connectivity index (χ2n) is 6.72. The number of ether oxygens (including phenoxy) is 3. The summed E-state index contributed by atoms with van der Waals surface area (Å²) in [5.74, 6) is -0.287. The summed E-state index contributed by atoms with van der Waals surface area (Å²) in [6.07, 6.45) is 16.1. The maximum Gasteiger partial charge on any atom is 0.303 e. The maximum atomic E-state index is 11.0. The molecule has 1 aliphatic rings. The molecule has 0 saturated heterocycles. The molecule has 1 rings (SSSR count). The van der Waals surface area contributed by atoms with Crippen molar-refractivity contribution in [3.63, 3.8) is 0 Å². The van der Waals surface area contributed by atoms with Crippen molar-refractivity contribution in [3.8, 4) is 0 Å². The Kier molecular flexibility index (Phi) is 11.8. The predicted molar refractivity (Wildman–Crippen MR) is 96.8 cm³/mol. The van der Waals surface area contributed by atoms with Crippen LogP contribution in [-0.4, -0.2) is 31.1 Å². The first-order valence-corrected chi connectivity index (χ1v) is 9.76. The Bertz CT molecular complexity index is 354. The Hall–Kier alpha value is -0.870. The van der Waals surface area contributed by atoms with E-state index in [1.54, 1.807) is 0 Å². The summed E-state index contributed by atoms with van der Waals surface area (Å²) in [5, 5.41) is 0. The molecule has 24 heavy (non-hydrogen) atoms.